The predicted octanol–water partition coefficient (Wildman–Crippen LogP) is 10.2. The van der Waals surface area contributed by atoms with Crippen LogP contribution in [0.1, 0.15) is 169 Å². The maximum absolute atomic E-state index is 9.31. The van der Waals surface area contributed by atoms with E-state index >= 15 is 0 Å². The summed E-state index contributed by atoms with van der Waals surface area (Å²) in [6.07, 6.45) is 30.7. The standard InChI is InChI=1S/C29H60O/c1-5-7-9-11-13-15-16-18-20-22-25-28(29(3,4)26-23-27-30)24-21-19-17-14-12-10-8-6-2/h28,30H,5-27H2,1-4H3. The van der Waals surface area contributed by atoms with E-state index in [2.05, 4.69) is 27.7 Å². The molecule has 0 aliphatic rings. The maximum atomic E-state index is 9.31. The maximum Gasteiger partial charge on any atom is 0.0431 e. The topological polar surface area (TPSA) is 20.2 Å². The van der Waals surface area contributed by atoms with Crippen molar-refractivity contribution in [2.45, 2.75) is 169 Å². The molecule has 1 unspecified atom stereocenters. The molecule has 0 spiro atoms. The van der Waals surface area contributed by atoms with Gasteiger partial charge >= 0.3 is 0 Å². The van der Waals surface area contributed by atoms with Gasteiger partial charge in [0.1, 0.15) is 0 Å². The summed E-state index contributed by atoms with van der Waals surface area (Å²) in [7, 11) is 0. The summed E-state index contributed by atoms with van der Waals surface area (Å²) < 4.78 is 0. The van der Waals surface area contributed by atoms with Gasteiger partial charge in [-0.3, -0.25) is 0 Å². The molecule has 1 heteroatoms. The second kappa shape index (κ2) is 22.2. The molecule has 1 atom stereocenters. The summed E-state index contributed by atoms with van der Waals surface area (Å²) in [5, 5.41) is 9.31. The van der Waals surface area contributed by atoms with Crippen molar-refractivity contribution < 1.29 is 5.11 Å². The second-order valence-corrected chi connectivity index (χ2v) is 10.7. The van der Waals surface area contributed by atoms with Crippen LogP contribution in [0, 0.1) is 11.3 Å². The number of hydrogen-bond donors (Lipinski definition) is 1. The highest BCUT2D eigenvalue weighted by molar-refractivity contribution is 4.79. The predicted molar refractivity (Wildman–Crippen MR) is 137 cm³/mol. The molecule has 0 amide bonds. The largest absolute Gasteiger partial charge is 0.396 e. The monoisotopic (exact) mass is 424 g/mol. The Balaban J connectivity index is 4.00. The molecule has 0 radical (unpaired) electrons. The van der Waals surface area contributed by atoms with Crippen molar-refractivity contribution in [1.82, 2.24) is 0 Å². The van der Waals surface area contributed by atoms with E-state index in [1.165, 1.54) is 135 Å². The van der Waals surface area contributed by atoms with E-state index in [0.29, 0.717) is 12.0 Å². The van der Waals surface area contributed by atoms with E-state index in [1.807, 2.05) is 0 Å². The summed E-state index contributed by atoms with van der Waals surface area (Å²) in [5.41, 5.74) is 0.392. The first-order chi connectivity index (χ1) is 14.6. The molecule has 0 heterocycles. The van der Waals surface area contributed by atoms with Gasteiger partial charge in [0.15, 0.2) is 0 Å². The normalized spacial score (nSPS) is 13.1. The number of aliphatic hydroxyl groups excluding tert-OH is 1. The van der Waals surface area contributed by atoms with Crippen molar-refractivity contribution >= 4 is 0 Å². The number of hydrogen-bond acceptors (Lipinski definition) is 1. The molecule has 0 aromatic rings. The van der Waals surface area contributed by atoms with Crippen LogP contribution < -0.4 is 0 Å². The van der Waals surface area contributed by atoms with Crippen molar-refractivity contribution in [2.24, 2.45) is 11.3 Å². The molecule has 30 heavy (non-hydrogen) atoms. The minimum Gasteiger partial charge on any atom is -0.396 e. The summed E-state index contributed by atoms with van der Waals surface area (Å²) in [5.74, 6) is 0.846. The fourth-order valence-corrected chi connectivity index (χ4v) is 5.07. The molecule has 0 bridgehead atoms. The molecule has 0 aliphatic heterocycles. The average molecular weight is 425 g/mol. The minimum absolute atomic E-state index is 0.353. The second-order valence-electron chi connectivity index (χ2n) is 10.7. The van der Waals surface area contributed by atoms with Crippen LogP contribution in [-0.4, -0.2) is 11.7 Å². The first-order valence-corrected chi connectivity index (χ1v) is 14.2. The van der Waals surface area contributed by atoms with E-state index in [-0.39, 0.29) is 0 Å². The Kier molecular flexibility index (Phi) is 22.1. The third-order valence-corrected chi connectivity index (χ3v) is 7.40. The SMILES string of the molecule is CCCCCCCCCCCCC(CCCCCCCCCC)C(C)(C)CCCO. The first-order valence-electron chi connectivity index (χ1n) is 14.2. The van der Waals surface area contributed by atoms with Gasteiger partial charge in [-0.05, 0) is 37.0 Å². The Morgan fingerprint density at radius 1 is 0.500 bits per heavy atom. The molecule has 0 saturated heterocycles. The van der Waals surface area contributed by atoms with Crippen LogP contribution in [0.5, 0.6) is 0 Å². The van der Waals surface area contributed by atoms with Gasteiger partial charge < -0.3 is 5.11 Å². The van der Waals surface area contributed by atoms with Crippen molar-refractivity contribution in [3.05, 3.63) is 0 Å². The molecular weight excluding hydrogens is 364 g/mol. The van der Waals surface area contributed by atoms with Gasteiger partial charge in [-0.15, -0.1) is 0 Å². The van der Waals surface area contributed by atoms with Crippen LogP contribution in [0.3, 0.4) is 0 Å². The Morgan fingerprint density at radius 2 is 0.833 bits per heavy atom. The minimum atomic E-state index is 0.353. The molecule has 0 saturated carbocycles. The molecule has 0 aliphatic carbocycles. The molecule has 0 fully saturated rings. The van der Waals surface area contributed by atoms with Gasteiger partial charge in [0.25, 0.3) is 0 Å². The van der Waals surface area contributed by atoms with Gasteiger partial charge in [0, 0.05) is 6.61 Å². The van der Waals surface area contributed by atoms with Gasteiger partial charge in [-0.2, -0.15) is 0 Å². The average Bonchev–Trinajstić information content (AvgIpc) is 2.73. The fraction of sp³-hybridized carbons (Fsp3) is 1.00. The third kappa shape index (κ3) is 18.7. The van der Waals surface area contributed by atoms with Crippen LogP contribution >= 0.6 is 0 Å². The highest BCUT2D eigenvalue weighted by Crippen LogP contribution is 2.39. The lowest BCUT2D eigenvalue weighted by Crippen LogP contribution is -2.24. The fourth-order valence-electron chi connectivity index (χ4n) is 5.07. The van der Waals surface area contributed by atoms with E-state index in [0.717, 1.165) is 12.3 Å². The van der Waals surface area contributed by atoms with Gasteiger partial charge in [-0.1, -0.05) is 143 Å². The van der Waals surface area contributed by atoms with Crippen LogP contribution in [0.15, 0.2) is 0 Å². The third-order valence-electron chi connectivity index (χ3n) is 7.40. The zero-order chi connectivity index (χ0) is 22.3. The van der Waals surface area contributed by atoms with Crippen LogP contribution in [0.25, 0.3) is 0 Å². The van der Waals surface area contributed by atoms with Crippen LogP contribution in [0.2, 0.25) is 0 Å². The van der Waals surface area contributed by atoms with Gasteiger partial charge in [0.05, 0.1) is 0 Å². The molecule has 0 aromatic heterocycles. The molecule has 0 rings (SSSR count). The van der Waals surface area contributed by atoms with Crippen LogP contribution in [-0.2, 0) is 0 Å². The summed E-state index contributed by atoms with van der Waals surface area (Å²) >= 11 is 0. The Hall–Kier alpha value is -0.0400. The quantitative estimate of drug-likeness (QED) is 0.153. The van der Waals surface area contributed by atoms with E-state index in [4.69, 9.17) is 0 Å². The lowest BCUT2D eigenvalue weighted by atomic mass is 9.71. The van der Waals surface area contributed by atoms with Crippen molar-refractivity contribution in [3.63, 3.8) is 0 Å². The molecule has 182 valence electrons. The van der Waals surface area contributed by atoms with E-state index in [9.17, 15) is 5.11 Å². The van der Waals surface area contributed by atoms with E-state index < -0.39 is 0 Å². The highest BCUT2D eigenvalue weighted by Gasteiger charge is 2.28. The first kappa shape index (κ1) is 30.0. The summed E-state index contributed by atoms with van der Waals surface area (Å²) in [6, 6.07) is 0. The molecule has 0 aromatic carbocycles. The summed E-state index contributed by atoms with van der Waals surface area (Å²) in [4.78, 5) is 0. The van der Waals surface area contributed by atoms with Crippen molar-refractivity contribution in [2.75, 3.05) is 6.61 Å². The summed E-state index contributed by atoms with van der Waals surface area (Å²) in [6.45, 7) is 9.88. The van der Waals surface area contributed by atoms with Crippen molar-refractivity contribution in [3.8, 4) is 0 Å². The Morgan fingerprint density at radius 3 is 1.17 bits per heavy atom. The zero-order valence-corrected chi connectivity index (χ0v) is 21.8. The lowest BCUT2D eigenvalue weighted by molar-refractivity contribution is 0.145. The Labute approximate surface area is 192 Å². The number of unbranched alkanes of at least 4 members (excludes halogenated alkanes) is 16. The molecular formula is C29H60O. The van der Waals surface area contributed by atoms with Crippen molar-refractivity contribution in [1.29, 1.82) is 0 Å². The van der Waals surface area contributed by atoms with Gasteiger partial charge in [0.2, 0.25) is 0 Å². The zero-order valence-electron chi connectivity index (χ0n) is 21.8. The lowest BCUT2D eigenvalue weighted by Gasteiger charge is -2.35. The smallest absolute Gasteiger partial charge is 0.0431 e. The molecule has 1 nitrogen and oxygen atoms in total. The van der Waals surface area contributed by atoms with Crippen LogP contribution in [0.4, 0.5) is 0 Å². The molecule has 1 N–H and O–H groups in total. The number of aliphatic hydroxyl groups is 1. The van der Waals surface area contributed by atoms with Gasteiger partial charge in [-0.25, -0.2) is 0 Å². The Bertz CT molecular complexity index is 322. The number of rotatable bonds is 24. The van der Waals surface area contributed by atoms with E-state index in [1.54, 1.807) is 0 Å². The highest BCUT2D eigenvalue weighted by atomic mass is 16.2.